The van der Waals surface area contributed by atoms with E-state index >= 15 is 0 Å². The molecule has 0 spiro atoms. The van der Waals surface area contributed by atoms with Crippen molar-refractivity contribution in [3.63, 3.8) is 0 Å². The van der Waals surface area contributed by atoms with Gasteiger partial charge in [-0.25, -0.2) is 4.79 Å². The number of esters is 1. The summed E-state index contributed by atoms with van der Waals surface area (Å²) in [6.07, 6.45) is -8.54. The molecule has 0 aromatic rings. The molecule has 3 unspecified atom stereocenters. The normalized spacial score (nSPS) is 26.6. The molecule has 0 aliphatic heterocycles. The van der Waals surface area contributed by atoms with Crippen LogP contribution in [0.4, 0.5) is 26.3 Å². The third kappa shape index (κ3) is 3.88. The molecule has 2 aliphatic carbocycles. The molecule has 2 bridgehead atoms. The first kappa shape index (κ1) is 20.8. The van der Waals surface area contributed by atoms with Crippen molar-refractivity contribution < 1.29 is 35.9 Å². The topological polar surface area (TPSA) is 26.3 Å². The maximum atomic E-state index is 12.9. The fourth-order valence-electron chi connectivity index (χ4n) is 3.71. The number of hydrogen-bond acceptors (Lipinski definition) is 2. The number of hydrogen-bond donors (Lipinski definition) is 0. The van der Waals surface area contributed by atoms with Gasteiger partial charge in [0.2, 0.25) is 0 Å². The van der Waals surface area contributed by atoms with Crippen molar-refractivity contribution in [3.05, 3.63) is 12.2 Å². The Morgan fingerprint density at radius 2 is 1.54 bits per heavy atom. The summed E-state index contributed by atoms with van der Waals surface area (Å²) in [5.41, 5.74) is -3.11. The van der Waals surface area contributed by atoms with E-state index in [1.807, 2.05) is 0 Å². The molecular weight excluding hydrogens is 338 g/mol. The van der Waals surface area contributed by atoms with Crippen LogP contribution in [0.3, 0.4) is 0 Å². The fraction of sp³-hybridized carbons (Fsp3) is 0.812. The van der Waals surface area contributed by atoms with Crippen LogP contribution in [0, 0.1) is 23.2 Å². The summed E-state index contributed by atoms with van der Waals surface area (Å²) in [6.45, 7) is 5.29. The molecule has 0 saturated heterocycles. The van der Waals surface area contributed by atoms with E-state index in [0.717, 1.165) is 6.42 Å². The van der Waals surface area contributed by atoms with Crippen LogP contribution in [-0.4, -0.2) is 25.4 Å². The lowest BCUT2D eigenvalue weighted by Gasteiger charge is -2.42. The summed E-state index contributed by atoms with van der Waals surface area (Å²) in [5, 5.41) is 0. The molecule has 0 amide bonds. The van der Waals surface area contributed by atoms with E-state index in [1.54, 1.807) is 6.92 Å². The van der Waals surface area contributed by atoms with Crippen molar-refractivity contribution in [1.29, 1.82) is 0 Å². The molecule has 8 heteroatoms. The standard InChI is InChI=1S/C11H14F6.C5H8O2/c1-9(10(12,13)14,11(15,16)17)8-5-6-2-3-7(8)4-6;1-4(2)5(6)7-3/h6-8H,2-5H2,1H3;1H2,2-3H3. The molecular formula is C16H22F6O2. The molecule has 2 aliphatic rings. The zero-order valence-electron chi connectivity index (χ0n) is 13.9. The molecule has 2 rings (SSSR count). The van der Waals surface area contributed by atoms with Gasteiger partial charge < -0.3 is 4.74 Å². The quantitative estimate of drug-likeness (QED) is 0.380. The van der Waals surface area contributed by atoms with Gasteiger partial charge in [-0.05, 0) is 50.9 Å². The molecule has 3 atom stereocenters. The van der Waals surface area contributed by atoms with Crippen LogP contribution in [0.25, 0.3) is 0 Å². The van der Waals surface area contributed by atoms with Crippen molar-refractivity contribution >= 4 is 5.97 Å². The van der Waals surface area contributed by atoms with Crippen LogP contribution in [0.15, 0.2) is 12.2 Å². The Labute approximate surface area is 137 Å². The molecule has 0 aromatic carbocycles. The Morgan fingerprint density at radius 3 is 1.75 bits per heavy atom. The number of ether oxygens (including phenoxy) is 1. The number of carbonyl (C=O) groups is 1. The van der Waals surface area contributed by atoms with Gasteiger partial charge in [0.15, 0.2) is 5.41 Å². The zero-order valence-corrected chi connectivity index (χ0v) is 13.9. The first-order chi connectivity index (χ1) is 10.8. The van der Waals surface area contributed by atoms with Gasteiger partial charge in [-0.3, -0.25) is 0 Å². The lowest BCUT2D eigenvalue weighted by molar-refractivity contribution is -0.356. The van der Waals surface area contributed by atoms with Gasteiger partial charge >= 0.3 is 18.3 Å². The monoisotopic (exact) mass is 360 g/mol. The first-order valence-corrected chi connectivity index (χ1v) is 7.63. The van der Waals surface area contributed by atoms with E-state index in [-0.39, 0.29) is 18.3 Å². The smallest absolute Gasteiger partial charge is 0.403 e. The Kier molecular flexibility index (Phi) is 6.04. The Hall–Kier alpha value is -1.21. The minimum absolute atomic E-state index is 0.0639. The van der Waals surface area contributed by atoms with Gasteiger partial charge in [0.25, 0.3) is 0 Å². The summed E-state index contributed by atoms with van der Waals surface area (Å²) in [7, 11) is 1.33. The van der Waals surface area contributed by atoms with E-state index in [4.69, 9.17) is 0 Å². The molecule has 0 radical (unpaired) electrons. The van der Waals surface area contributed by atoms with Crippen LogP contribution in [-0.2, 0) is 9.53 Å². The predicted molar refractivity (Wildman–Crippen MR) is 76.0 cm³/mol. The predicted octanol–water partition coefficient (Wildman–Crippen LogP) is 5.29. The van der Waals surface area contributed by atoms with Crippen molar-refractivity contribution in [2.24, 2.45) is 23.2 Å². The molecule has 0 heterocycles. The lowest BCUT2D eigenvalue weighted by atomic mass is 9.68. The van der Waals surface area contributed by atoms with Crippen LogP contribution in [0.1, 0.15) is 39.5 Å². The summed E-state index contributed by atoms with van der Waals surface area (Å²) in [6, 6.07) is 0. The Bertz CT molecular complexity index is 466. The maximum absolute atomic E-state index is 12.9. The average molecular weight is 360 g/mol. The van der Waals surface area contributed by atoms with Crippen molar-refractivity contribution in [2.75, 3.05) is 7.11 Å². The van der Waals surface area contributed by atoms with Crippen molar-refractivity contribution in [1.82, 2.24) is 0 Å². The number of carbonyl (C=O) groups excluding carboxylic acids is 1. The van der Waals surface area contributed by atoms with E-state index in [2.05, 4.69) is 11.3 Å². The van der Waals surface area contributed by atoms with Crippen LogP contribution in [0.2, 0.25) is 0 Å². The summed E-state index contributed by atoms with van der Waals surface area (Å²) in [5.74, 6) is -1.98. The highest BCUT2D eigenvalue weighted by Gasteiger charge is 2.73. The second kappa shape index (κ2) is 6.96. The summed E-state index contributed by atoms with van der Waals surface area (Å²) >= 11 is 0. The summed E-state index contributed by atoms with van der Waals surface area (Å²) in [4.78, 5) is 10.2. The SMILES string of the molecule is C=C(C)C(=O)OC.CC(C1CC2CCC1C2)(C(F)(F)F)C(F)(F)F. The largest absolute Gasteiger partial charge is 0.466 e. The highest BCUT2D eigenvalue weighted by molar-refractivity contribution is 5.86. The minimum Gasteiger partial charge on any atom is -0.466 e. The van der Waals surface area contributed by atoms with Crippen molar-refractivity contribution in [2.45, 2.75) is 51.9 Å². The second-order valence-corrected chi connectivity index (χ2v) is 6.75. The second-order valence-electron chi connectivity index (χ2n) is 6.75. The highest BCUT2D eigenvalue weighted by atomic mass is 19.4. The first-order valence-electron chi connectivity index (χ1n) is 7.63. The van der Waals surface area contributed by atoms with E-state index < -0.39 is 29.6 Å². The number of fused-ring (bicyclic) bond motifs is 2. The Morgan fingerprint density at radius 1 is 1.04 bits per heavy atom. The maximum Gasteiger partial charge on any atom is 0.403 e. The van der Waals surface area contributed by atoms with Crippen molar-refractivity contribution in [3.8, 4) is 0 Å². The number of rotatable bonds is 2. The molecule has 0 N–H and O–H groups in total. The zero-order chi connectivity index (χ0) is 18.9. The van der Waals surface area contributed by atoms with Gasteiger partial charge in [-0.1, -0.05) is 13.0 Å². The third-order valence-corrected chi connectivity index (χ3v) is 5.19. The lowest BCUT2D eigenvalue weighted by Crippen LogP contribution is -2.54. The molecule has 0 aromatic heterocycles. The van der Waals surface area contributed by atoms with E-state index in [9.17, 15) is 31.1 Å². The molecule has 140 valence electrons. The average Bonchev–Trinajstić information content (AvgIpc) is 3.06. The molecule has 2 nitrogen and oxygen atoms in total. The fourth-order valence-corrected chi connectivity index (χ4v) is 3.71. The van der Waals surface area contributed by atoms with Gasteiger partial charge in [-0.2, -0.15) is 26.3 Å². The number of halogens is 6. The van der Waals surface area contributed by atoms with Gasteiger partial charge in [-0.15, -0.1) is 0 Å². The minimum atomic E-state index is -5.22. The molecule has 24 heavy (non-hydrogen) atoms. The van der Waals surface area contributed by atoms with Crippen LogP contribution in [0.5, 0.6) is 0 Å². The Balaban J connectivity index is 0.000000351. The highest BCUT2D eigenvalue weighted by Crippen LogP contribution is 2.64. The van der Waals surface area contributed by atoms with Gasteiger partial charge in [0.05, 0.1) is 7.11 Å². The van der Waals surface area contributed by atoms with E-state index in [1.165, 1.54) is 7.11 Å². The third-order valence-electron chi connectivity index (χ3n) is 5.19. The molecule has 2 fully saturated rings. The summed E-state index contributed by atoms with van der Waals surface area (Å²) < 4.78 is 81.4. The van der Waals surface area contributed by atoms with Crippen LogP contribution < -0.4 is 0 Å². The molecule has 2 saturated carbocycles. The number of methoxy groups -OCH3 is 1. The number of alkyl halides is 6. The van der Waals surface area contributed by atoms with Gasteiger partial charge in [0.1, 0.15) is 0 Å². The van der Waals surface area contributed by atoms with Crippen LogP contribution >= 0.6 is 0 Å². The van der Waals surface area contributed by atoms with Gasteiger partial charge in [0, 0.05) is 5.57 Å². The van der Waals surface area contributed by atoms with E-state index in [0.29, 0.717) is 25.3 Å².